The molecule has 0 radical (unpaired) electrons. The average molecular weight is 303 g/mol. The molecule has 0 aromatic carbocycles. The van der Waals surface area contributed by atoms with Crippen molar-refractivity contribution in [3.05, 3.63) is 15.8 Å². The smallest absolute Gasteiger partial charge is 0.345 e. The highest BCUT2D eigenvalue weighted by Crippen LogP contribution is 2.29. The summed E-state index contributed by atoms with van der Waals surface area (Å²) in [7, 11) is -3.62. The van der Waals surface area contributed by atoms with Crippen LogP contribution in [0.25, 0.3) is 0 Å². The number of aromatic carboxylic acids is 1. The van der Waals surface area contributed by atoms with Crippen molar-refractivity contribution in [3.8, 4) is 0 Å². The first-order valence-electron chi connectivity index (χ1n) is 6.17. The minimum absolute atomic E-state index is 0.0439. The first-order chi connectivity index (χ1) is 8.81. The Labute approximate surface area is 116 Å². The van der Waals surface area contributed by atoms with Crippen LogP contribution in [0, 0.1) is 12.8 Å². The topological polar surface area (TPSA) is 83.5 Å². The lowest BCUT2D eigenvalue weighted by Crippen LogP contribution is -2.36. The number of aryl methyl sites for hydroxylation is 1. The van der Waals surface area contributed by atoms with E-state index in [0.29, 0.717) is 10.8 Å². The van der Waals surface area contributed by atoms with Gasteiger partial charge in [0.05, 0.1) is 4.90 Å². The van der Waals surface area contributed by atoms with Gasteiger partial charge in [-0.15, -0.1) is 11.3 Å². The van der Waals surface area contributed by atoms with Gasteiger partial charge in [0.15, 0.2) is 0 Å². The molecule has 2 rings (SSSR count). The van der Waals surface area contributed by atoms with E-state index in [1.165, 1.54) is 6.07 Å². The van der Waals surface area contributed by atoms with E-state index in [1.807, 2.05) is 6.92 Å². The maximum atomic E-state index is 12.3. The minimum Gasteiger partial charge on any atom is -0.477 e. The van der Waals surface area contributed by atoms with Crippen molar-refractivity contribution >= 4 is 27.3 Å². The van der Waals surface area contributed by atoms with Gasteiger partial charge < -0.3 is 5.11 Å². The molecule has 106 valence electrons. The quantitative estimate of drug-likeness (QED) is 0.893. The first kappa shape index (κ1) is 14.5. The van der Waals surface area contributed by atoms with Gasteiger partial charge in [-0.3, -0.25) is 0 Å². The SMILES string of the molecule is Cc1sc(C(=O)O)cc1S(=O)(=O)NC1CCCC1C. The normalized spacial score (nSPS) is 23.7. The summed E-state index contributed by atoms with van der Waals surface area (Å²) in [6, 6.07) is 1.20. The molecule has 2 N–H and O–H groups in total. The zero-order valence-corrected chi connectivity index (χ0v) is 12.5. The summed E-state index contributed by atoms with van der Waals surface area (Å²) < 4.78 is 27.3. The molecule has 1 aliphatic carbocycles. The molecule has 1 heterocycles. The van der Waals surface area contributed by atoms with E-state index < -0.39 is 16.0 Å². The summed E-state index contributed by atoms with van der Waals surface area (Å²) in [6.45, 7) is 3.66. The fourth-order valence-electron chi connectivity index (χ4n) is 2.42. The van der Waals surface area contributed by atoms with E-state index in [2.05, 4.69) is 4.72 Å². The van der Waals surface area contributed by atoms with Crippen LogP contribution in [0.3, 0.4) is 0 Å². The number of carboxylic acid groups (broad SMARTS) is 1. The molecule has 5 nitrogen and oxygen atoms in total. The van der Waals surface area contributed by atoms with Crippen LogP contribution in [0.15, 0.2) is 11.0 Å². The number of carbonyl (C=O) groups is 1. The van der Waals surface area contributed by atoms with Gasteiger partial charge in [0, 0.05) is 10.9 Å². The third-order valence-corrected chi connectivity index (χ3v) is 6.32. The summed E-state index contributed by atoms with van der Waals surface area (Å²) in [5, 5.41) is 8.91. The number of sulfonamides is 1. The Kier molecular flexibility index (Phi) is 3.98. The molecule has 1 fully saturated rings. The molecule has 0 aliphatic heterocycles. The molecular formula is C12H17NO4S2. The number of rotatable bonds is 4. The Balaban J connectivity index is 2.26. The summed E-state index contributed by atoms with van der Waals surface area (Å²) in [6.07, 6.45) is 2.89. The molecule has 0 saturated heterocycles. The highest BCUT2D eigenvalue weighted by molar-refractivity contribution is 7.89. The van der Waals surface area contributed by atoms with E-state index in [1.54, 1.807) is 6.92 Å². The summed E-state index contributed by atoms with van der Waals surface area (Å²) in [5.41, 5.74) is 0. The van der Waals surface area contributed by atoms with Crippen LogP contribution in [-0.2, 0) is 10.0 Å². The molecule has 1 aromatic rings. The monoisotopic (exact) mass is 303 g/mol. The second-order valence-electron chi connectivity index (χ2n) is 4.97. The largest absolute Gasteiger partial charge is 0.477 e. The lowest BCUT2D eigenvalue weighted by atomic mass is 10.1. The zero-order valence-electron chi connectivity index (χ0n) is 10.8. The zero-order chi connectivity index (χ0) is 14.2. The Bertz CT molecular complexity index is 591. The highest BCUT2D eigenvalue weighted by atomic mass is 32.2. The Hall–Kier alpha value is -0.920. The van der Waals surface area contributed by atoms with Crippen LogP contribution in [-0.4, -0.2) is 25.5 Å². The molecule has 19 heavy (non-hydrogen) atoms. The maximum absolute atomic E-state index is 12.3. The summed E-state index contributed by atoms with van der Waals surface area (Å²) >= 11 is 0.989. The van der Waals surface area contributed by atoms with Gasteiger partial charge in [-0.05, 0) is 31.7 Å². The number of nitrogens with one attached hydrogen (secondary N) is 1. The van der Waals surface area contributed by atoms with E-state index in [-0.39, 0.29) is 15.8 Å². The third kappa shape index (κ3) is 2.98. The van der Waals surface area contributed by atoms with Crippen LogP contribution in [0.4, 0.5) is 0 Å². The van der Waals surface area contributed by atoms with Crippen LogP contribution in [0.1, 0.15) is 40.7 Å². The molecule has 0 spiro atoms. The standard InChI is InChI=1S/C12H17NO4S2/c1-7-4-3-5-9(7)13-19(16,17)11-6-10(12(14)15)18-8(11)2/h6-7,9,13H,3-5H2,1-2H3,(H,14,15). The Morgan fingerprint density at radius 1 is 1.47 bits per heavy atom. The second kappa shape index (κ2) is 5.22. The van der Waals surface area contributed by atoms with Crippen molar-refractivity contribution in [2.75, 3.05) is 0 Å². The number of carboxylic acids is 1. The predicted molar refractivity (Wildman–Crippen MR) is 73.1 cm³/mol. The van der Waals surface area contributed by atoms with E-state index in [9.17, 15) is 13.2 Å². The van der Waals surface area contributed by atoms with Crippen molar-refractivity contribution in [2.45, 2.75) is 44.0 Å². The van der Waals surface area contributed by atoms with Crippen LogP contribution in [0.5, 0.6) is 0 Å². The first-order valence-corrected chi connectivity index (χ1v) is 8.47. The lowest BCUT2D eigenvalue weighted by Gasteiger charge is -2.17. The number of thiophene rings is 1. The van der Waals surface area contributed by atoms with Gasteiger partial charge in [0.2, 0.25) is 10.0 Å². The van der Waals surface area contributed by atoms with Gasteiger partial charge >= 0.3 is 5.97 Å². The van der Waals surface area contributed by atoms with Crippen molar-refractivity contribution < 1.29 is 18.3 Å². The highest BCUT2D eigenvalue weighted by Gasteiger charge is 2.30. The molecule has 1 aliphatic rings. The minimum atomic E-state index is -3.62. The summed E-state index contributed by atoms with van der Waals surface area (Å²) in [4.78, 5) is 11.5. The van der Waals surface area contributed by atoms with E-state index in [0.717, 1.165) is 30.6 Å². The Morgan fingerprint density at radius 3 is 2.63 bits per heavy atom. The van der Waals surface area contributed by atoms with E-state index >= 15 is 0 Å². The van der Waals surface area contributed by atoms with Gasteiger partial charge in [-0.2, -0.15) is 0 Å². The van der Waals surface area contributed by atoms with E-state index in [4.69, 9.17) is 5.11 Å². The molecule has 1 aromatic heterocycles. The average Bonchev–Trinajstić information content (AvgIpc) is 2.86. The van der Waals surface area contributed by atoms with Gasteiger partial charge in [0.25, 0.3) is 0 Å². The van der Waals surface area contributed by atoms with Crippen molar-refractivity contribution in [1.82, 2.24) is 4.72 Å². The van der Waals surface area contributed by atoms with Gasteiger partial charge in [0.1, 0.15) is 4.88 Å². The fourth-order valence-corrected chi connectivity index (χ4v) is 5.23. The molecule has 2 unspecified atom stereocenters. The van der Waals surface area contributed by atoms with Crippen LogP contribution in [0.2, 0.25) is 0 Å². The number of hydrogen-bond acceptors (Lipinski definition) is 4. The molecule has 0 bridgehead atoms. The molecule has 7 heteroatoms. The second-order valence-corrected chi connectivity index (χ2v) is 7.91. The van der Waals surface area contributed by atoms with Crippen molar-refractivity contribution in [2.24, 2.45) is 5.92 Å². The van der Waals surface area contributed by atoms with Crippen molar-refractivity contribution in [3.63, 3.8) is 0 Å². The number of hydrogen-bond donors (Lipinski definition) is 2. The van der Waals surface area contributed by atoms with Crippen LogP contribution >= 0.6 is 11.3 Å². The van der Waals surface area contributed by atoms with Gasteiger partial charge in [-0.1, -0.05) is 13.3 Å². The molecule has 1 saturated carbocycles. The summed E-state index contributed by atoms with van der Waals surface area (Å²) in [5.74, 6) is -0.767. The van der Waals surface area contributed by atoms with Gasteiger partial charge in [-0.25, -0.2) is 17.9 Å². The molecule has 0 amide bonds. The lowest BCUT2D eigenvalue weighted by molar-refractivity contribution is 0.0702. The maximum Gasteiger partial charge on any atom is 0.345 e. The fraction of sp³-hybridized carbons (Fsp3) is 0.583. The predicted octanol–water partition coefficient (Wildman–Crippen LogP) is 2.22. The molecule has 2 atom stereocenters. The van der Waals surface area contributed by atoms with Crippen molar-refractivity contribution in [1.29, 1.82) is 0 Å². The molecular weight excluding hydrogens is 286 g/mol. The Morgan fingerprint density at radius 2 is 2.16 bits per heavy atom. The van der Waals surface area contributed by atoms with Crippen LogP contribution < -0.4 is 4.72 Å². The third-order valence-electron chi connectivity index (χ3n) is 3.54.